The summed E-state index contributed by atoms with van der Waals surface area (Å²) in [6, 6.07) is 5.41. The molecule has 0 aliphatic carbocycles. The average molecular weight is 229 g/mol. The molecule has 0 saturated carbocycles. The summed E-state index contributed by atoms with van der Waals surface area (Å²) in [5, 5.41) is 9.91. The third-order valence-corrected chi connectivity index (χ3v) is 3.21. The number of thiophene rings is 1. The molecule has 0 radical (unpaired) electrons. The Hall–Kier alpha value is -0.770. The molecule has 74 valence electrons. The smallest absolute Gasteiger partial charge is 0.116 e. The van der Waals surface area contributed by atoms with Gasteiger partial charge in [-0.15, -0.1) is 11.3 Å². The molecular weight excluding hydrogens is 220 g/mol. The summed E-state index contributed by atoms with van der Waals surface area (Å²) in [6.07, 6.45) is 0.929. The predicted molar refractivity (Wildman–Crippen MR) is 56.8 cm³/mol. The van der Waals surface area contributed by atoms with Crippen LogP contribution in [-0.2, 0) is 0 Å². The molecule has 1 atom stereocenters. The normalized spacial score (nSPS) is 13.1. The summed E-state index contributed by atoms with van der Waals surface area (Å²) in [4.78, 5) is 0.829. The lowest BCUT2D eigenvalue weighted by molar-refractivity contribution is 0.223. The molecule has 0 aromatic carbocycles. The molecule has 2 nitrogen and oxygen atoms in total. The Labute approximate surface area is 90.8 Å². The van der Waals surface area contributed by atoms with Gasteiger partial charge in [-0.1, -0.05) is 11.6 Å². The number of rotatable bonds is 2. The SMILES string of the molecule is Cc1cc(C(O)c2ccc(Cl)s2)co1. The first-order chi connectivity index (χ1) is 6.66. The van der Waals surface area contributed by atoms with E-state index in [9.17, 15) is 5.11 Å². The van der Waals surface area contributed by atoms with Gasteiger partial charge in [0, 0.05) is 10.4 Å². The van der Waals surface area contributed by atoms with E-state index in [1.807, 2.05) is 19.1 Å². The van der Waals surface area contributed by atoms with Crippen LogP contribution in [0.15, 0.2) is 28.9 Å². The molecule has 0 aliphatic heterocycles. The van der Waals surface area contributed by atoms with E-state index in [2.05, 4.69) is 0 Å². The molecule has 0 bridgehead atoms. The molecule has 2 aromatic rings. The maximum atomic E-state index is 9.91. The van der Waals surface area contributed by atoms with E-state index in [1.165, 1.54) is 11.3 Å². The summed E-state index contributed by atoms with van der Waals surface area (Å²) >= 11 is 7.15. The Morgan fingerprint density at radius 3 is 2.79 bits per heavy atom. The molecule has 2 rings (SSSR count). The van der Waals surface area contributed by atoms with Crippen LogP contribution in [0.25, 0.3) is 0 Å². The van der Waals surface area contributed by atoms with Crippen molar-refractivity contribution in [3.05, 3.63) is 45.0 Å². The van der Waals surface area contributed by atoms with Gasteiger partial charge in [-0.3, -0.25) is 0 Å². The van der Waals surface area contributed by atoms with Gasteiger partial charge in [0.25, 0.3) is 0 Å². The second kappa shape index (κ2) is 3.77. The Kier molecular flexibility index (Phi) is 2.63. The van der Waals surface area contributed by atoms with E-state index in [0.29, 0.717) is 4.34 Å². The summed E-state index contributed by atoms with van der Waals surface area (Å²) in [6.45, 7) is 1.84. The highest BCUT2D eigenvalue weighted by Crippen LogP contribution is 2.31. The van der Waals surface area contributed by atoms with Crippen LogP contribution in [-0.4, -0.2) is 5.11 Å². The molecular formula is C10H9ClO2S. The number of hydrogen-bond donors (Lipinski definition) is 1. The van der Waals surface area contributed by atoms with Crippen molar-refractivity contribution in [2.75, 3.05) is 0 Å². The molecule has 1 unspecified atom stereocenters. The number of aliphatic hydroxyl groups is 1. The maximum absolute atomic E-state index is 9.91. The molecule has 2 aromatic heterocycles. The van der Waals surface area contributed by atoms with Gasteiger partial charge in [0.2, 0.25) is 0 Å². The first-order valence-corrected chi connectivity index (χ1v) is 5.34. The molecule has 0 spiro atoms. The van der Waals surface area contributed by atoms with E-state index in [0.717, 1.165) is 16.2 Å². The minimum Gasteiger partial charge on any atom is -0.469 e. The number of furan rings is 1. The fourth-order valence-electron chi connectivity index (χ4n) is 1.25. The summed E-state index contributed by atoms with van der Waals surface area (Å²) in [7, 11) is 0. The third kappa shape index (κ3) is 1.85. The van der Waals surface area contributed by atoms with Crippen molar-refractivity contribution in [3.63, 3.8) is 0 Å². The molecule has 0 amide bonds. The second-order valence-corrected chi connectivity index (χ2v) is 4.78. The summed E-state index contributed by atoms with van der Waals surface area (Å²) in [5.74, 6) is 0.793. The Morgan fingerprint density at radius 2 is 2.29 bits per heavy atom. The van der Waals surface area contributed by atoms with Crippen LogP contribution in [0.1, 0.15) is 22.3 Å². The molecule has 0 saturated heterocycles. The molecule has 0 aliphatic rings. The zero-order valence-corrected chi connectivity index (χ0v) is 9.10. The monoisotopic (exact) mass is 228 g/mol. The van der Waals surface area contributed by atoms with Gasteiger partial charge in [-0.25, -0.2) is 0 Å². The van der Waals surface area contributed by atoms with Crippen molar-refractivity contribution in [1.82, 2.24) is 0 Å². The number of hydrogen-bond acceptors (Lipinski definition) is 3. The fraction of sp³-hybridized carbons (Fsp3) is 0.200. The van der Waals surface area contributed by atoms with Crippen LogP contribution >= 0.6 is 22.9 Å². The molecule has 14 heavy (non-hydrogen) atoms. The van der Waals surface area contributed by atoms with Gasteiger partial charge in [0.1, 0.15) is 11.9 Å². The van der Waals surface area contributed by atoms with E-state index in [1.54, 1.807) is 12.3 Å². The van der Waals surface area contributed by atoms with Crippen molar-refractivity contribution in [2.45, 2.75) is 13.0 Å². The first kappa shape index (κ1) is 9.77. The van der Waals surface area contributed by atoms with E-state index >= 15 is 0 Å². The minimum absolute atomic E-state index is 0.634. The quantitative estimate of drug-likeness (QED) is 0.855. The zero-order chi connectivity index (χ0) is 10.1. The highest BCUT2D eigenvalue weighted by molar-refractivity contribution is 7.16. The molecule has 2 heterocycles. The fourth-order valence-corrected chi connectivity index (χ4v) is 2.32. The topological polar surface area (TPSA) is 33.4 Å². The standard InChI is InChI=1S/C10H9ClO2S/c1-6-4-7(5-13-6)10(12)8-2-3-9(11)14-8/h2-5,10,12H,1H3. The van der Waals surface area contributed by atoms with Crippen molar-refractivity contribution in [2.24, 2.45) is 0 Å². The predicted octanol–water partition coefficient (Wildman–Crippen LogP) is 3.38. The molecule has 1 N–H and O–H groups in total. The van der Waals surface area contributed by atoms with Crippen LogP contribution in [0.3, 0.4) is 0 Å². The zero-order valence-electron chi connectivity index (χ0n) is 7.53. The number of halogens is 1. The van der Waals surface area contributed by atoms with Gasteiger partial charge >= 0.3 is 0 Å². The highest BCUT2D eigenvalue weighted by atomic mass is 35.5. The van der Waals surface area contributed by atoms with Crippen LogP contribution in [0.5, 0.6) is 0 Å². The lowest BCUT2D eigenvalue weighted by Gasteiger charge is -2.03. The van der Waals surface area contributed by atoms with Crippen molar-refractivity contribution in [3.8, 4) is 0 Å². The Balaban J connectivity index is 2.28. The highest BCUT2D eigenvalue weighted by Gasteiger charge is 2.14. The van der Waals surface area contributed by atoms with E-state index in [-0.39, 0.29) is 0 Å². The van der Waals surface area contributed by atoms with Gasteiger partial charge in [-0.05, 0) is 25.1 Å². The maximum Gasteiger partial charge on any atom is 0.116 e. The number of aryl methyl sites for hydroxylation is 1. The molecule has 0 fully saturated rings. The van der Waals surface area contributed by atoms with Crippen molar-refractivity contribution in [1.29, 1.82) is 0 Å². The van der Waals surface area contributed by atoms with E-state index in [4.69, 9.17) is 16.0 Å². The summed E-state index contributed by atoms with van der Waals surface area (Å²) < 4.78 is 5.81. The van der Waals surface area contributed by atoms with Crippen molar-refractivity contribution < 1.29 is 9.52 Å². The van der Waals surface area contributed by atoms with Gasteiger partial charge in [0.15, 0.2) is 0 Å². The largest absolute Gasteiger partial charge is 0.469 e. The second-order valence-electron chi connectivity index (χ2n) is 3.04. The lowest BCUT2D eigenvalue weighted by Crippen LogP contribution is -1.93. The Morgan fingerprint density at radius 1 is 1.50 bits per heavy atom. The Bertz CT molecular complexity index is 393. The first-order valence-electron chi connectivity index (χ1n) is 4.15. The molecule has 4 heteroatoms. The van der Waals surface area contributed by atoms with Crippen molar-refractivity contribution >= 4 is 22.9 Å². The van der Waals surface area contributed by atoms with Gasteiger partial charge < -0.3 is 9.52 Å². The lowest BCUT2D eigenvalue weighted by atomic mass is 10.1. The van der Waals surface area contributed by atoms with Gasteiger partial charge in [-0.2, -0.15) is 0 Å². The average Bonchev–Trinajstić information content (AvgIpc) is 2.73. The van der Waals surface area contributed by atoms with Gasteiger partial charge in [0.05, 0.1) is 10.6 Å². The third-order valence-electron chi connectivity index (χ3n) is 1.93. The van der Waals surface area contributed by atoms with Crippen LogP contribution in [0.2, 0.25) is 4.34 Å². The van der Waals surface area contributed by atoms with Crippen LogP contribution < -0.4 is 0 Å². The van der Waals surface area contributed by atoms with E-state index < -0.39 is 6.10 Å². The van der Waals surface area contributed by atoms with Crippen LogP contribution in [0, 0.1) is 6.92 Å². The number of aliphatic hydroxyl groups excluding tert-OH is 1. The van der Waals surface area contributed by atoms with Crippen LogP contribution in [0.4, 0.5) is 0 Å². The minimum atomic E-state index is -0.634. The summed E-state index contributed by atoms with van der Waals surface area (Å²) in [5.41, 5.74) is 0.765.